The molecule has 1 amide bonds. The predicted octanol–water partition coefficient (Wildman–Crippen LogP) is 2.54. The summed E-state index contributed by atoms with van der Waals surface area (Å²) in [6.45, 7) is 7.79. The van der Waals surface area contributed by atoms with E-state index < -0.39 is 5.60 Å². The number of nitrogens with one attached hydrogen (secondary N) is 1. The van der Waals surface area contributed by atoms with Gasteiger partial charge < -0.3 is 10.4 Å². The lowest BCUT2D eigenvalue weighted by Gasteiger charge is -2.58. The van der Waals surface area contributed by atoms with Gasteiger partial charge in [-0.25, -0.2) is 9.36 Å². The Labute approximate surface area is 164 Å². The molecular formula is C21H27N5O2. The molecule has 2 heterocycles. The molecule has 28 heavy (non-hydrogen) atoms. The van der Waals surface area contributed by atoms with Crippen molar-refractivity contribution in [2.24, 2.45) is 17.8 Å². The van der Waals surface area contributed by atoms with Crippen molar-refractivity contribution in [3.8, 4) is 5.82 Å². The van der Waals surface area contributed by atoms with Crippen molar-refractivity contribution in [1.82, 2.24) is 24.9 Å². The van der Waals surface area contributed by atoms with Crippen LogP contribution in [0.5, 0.6) is 0 Å². The number of hydrogen-bond donors (Lipinski definition) is 2. The average molecular weight is 381 g/mol. The number of aryl methyl sites for hydroxylation is 1. The summed E-state index contributed by atoms with van der Waals surface area (Å²) in [6, 6.07) is 0.129. The van der Waals surface area contributed by atoms with Crippen molar-refractivity contribution in [2.75, 3.05) is 0 Å². The lowest BCUT2D eigenvalue weighted by molar-refractivity contribution is -0.136. The van der Waals surface area contributed by atoms with Gasteiger partial charge in [-0.3, -0.25) is 4.79 Å². The minimum Gasteiger partial charge on any atom is -0.390 e. The molecule has 0 spiro atoms. The zero-order valence-corrected chi connectivity index (χ0v) is 16.4. The molecule has 148 valence electrons. The number of allylic oxidation sites excluding steroid dienone is 1. The summed E-state index contributed by atoms with van der Waals surface area (Å²) in [4.78, 5) is 13.3. The molecule has 2 aromatic heterocycles. The van der Waals surface area contributed by atoms with E-state index in [1.807, 2.05) is 20.0 Å². The van der Waals surface area contributed by atoms with Crippen LogP contribution in [0, 0.1) is 24.7 Å². The first kappa shape index (κ1) is 17.7. The van der Waals surface area contributed by atoms with Gasteiger partial charge in [-0.05, 0) is 69.3 Å². The van der Waals surface area contributed by atoms with Crippen molar-refractivity contribution in [3.05, 3.63) is 36.3 Å². The Morgan fingerprint density at radius 1 is 1.25 bits per heavy atom. The first-order chi connectivity index (χ1) is 13.3. The van der Waals surface area contributed by atoms with Crippen molar-refractivity contribution >= 4 is 11.6 Å². The predicted molar refractivity (Wildman–Crippen MR) is 105 cm³/mol. The molecule has 2 N–H and O–H groups in total. The molecule has 0 aromatic carbocycles. The molecule has 4 saturated carbocycles. The average Bonchev–Trinajstić information content (AvgIpc) is 3.22. The second kappa shape index (κ2) is 6.04. The van der Waals surface area contributed by atoms with Gasteiger partial charge in [0.1, 0.15) is 5.56 Å². The van der Waals surface area contributed by atoms with E-state index in [1.165, 1.54) is 0 Å². The maximum atomic E-state index is 13.3. The zero-order valence-electron chi connectivity index (χ0n) is 16.4. The van der Waals surface area contributed by atoms with Crippen molar-refractivity contribution in [2.45, 2.75) is 57.6 Å². The van der Waals surface area contributed by atoms with Crippen LogP contribution in [-0.2, 0) is 0 Å². The van der Waals surface area contributed by atoms with Crippen LogP contribution in [0.2, 0.25) is 0 Å². The van der Waals surface area contributed by atoms with Crippen LogP contribution in [0.4, 0.5) is 0 Å². The highest BCUT2D eigenvalue weighted by Gasteiger charge is 2.55. The minimum absolute atomic E-state index is 0.125. The lowest BCUT2D eigenvalue weighted by atomic mass is 9.52. The van der Waals surface area contributed by atoms with Gasteiger partial charge in [-0.15, -0.1) is 0 Å². The van der Waals surface area contributed by atoms with Crippen LogP contribution >= 0.6 is 0 Å². The monoisotopic (exact) mass is 381 g/mol. The first-order valence-corrected chi connectivity index (χ1v) is 10.1. The lowest BCUT2D eigenvalue weighted by Crippen LogP contribution is -2.61. The third-order valence-corrected chi connectivity index (χ3v) is 6.82. The van der Waals surface area contributed by atoms with Crippen LogP contribution < -0.4 is 5.32 Å². The Hall–Kier alpha value is -2.41. The topological polar surface area (TPSA) is 85.0 Å². The number of aliphatic hydroxyl groups is 1. The van der Waals surface area contributed by atoms with Gasteiger partial charge >= 0.3 is 0 Å². The highest BCUT2D eigenvalue weighted by molar-refractivity contribution is 5.97. The quantitative estimate of drug-likeness (QED) is 0.852. The number of nitrogens with zero attached hydrogens (tertiary/aromatic N) is 4. The summed E-state index contributed by atoms with van der Waals surface area (Å²) in [6.07, 6.45) is 10.0. The van der Waals surface area contributed by atoms with E-state index in [1.54, 1.807) is 21.8 Å². The Kier molecular flexibility index (Phi) is 3.81. The van der Waals surface area contributed by atoms with Gasteiger partial charge in [0.15, 0.2) is 5.82 Å². The third kappa shape index (κ3) is 2.71. The third-order valence-electron chi connectivity index (χ3n) is 6.82. The van der Waals surface area contributed by atoms with Gasteiger partial charge in [-0.2, -0.15) is 10.2 Å². The molecule has 2 aromatic rings. The number of carbonyl (C=O) groups is 1. The maximum Gasteiger partial charge on any atom is 0.257 e. The molecule has 4 fully saturated rings. The number of amides is 1. The van der Waals surface area contributed by atoms with Crippen molar-refractivity contribution < 1.29 is 9.90 Å². The molecule has 2 unspecified atom stereocenters. The van der Waals surface area contributed by atoms with Crippen LogP contribution in [-0.4, -0.2) is 42.2 Å². The Morgan fingerprint density at radius 2 is 1.96 bits per heavy atom. The van der Waals surface area contributed by atoms with Crippen LogP contribution in [0.3, 0.4) is 0 Å². The summed E-state index contributed by atoms with van der Waals surface area (Å²) >= 11 is 0. The highest BCUT2D eigenvalue weighted by atomic mass is 16.3. The van der Waals surface area contributed by atoms with Gasteiger partial charge in [0.25, 0.3) is 5.91 Å². The van der Waals surface area contributed by atoms with Gasteiger partial charge in [0, 0.05) is 17.9 Å². The fourth-order valence-electron chi connectivity index (χ4n) is 5.98. The molecule has 7 heteroatoms. The largest absolute Gasteiger partial charge is 0.390 e. The Balaban J connectivity index is 1.44. The minimum atomic E-state index is -0.500. The molecule has 0 radical (unpaired) electrons. The summed E-state index contributed by atoms with van der Waals surface area (Å²) in [5.74, 6) is 1.84. The smallest absolute Gasteiger partial charge is 0.257 e. The van der Waals surface area contributed by atoms with Crippen molar-refractivity contribution in [1.29, 1.82) is 0 Å². The summed E-state index contributed by atoms with van der Waals surface area (Å²) in [5.41, 5.74) is 1.73. The highest BCUT2D eigenvalue weighted by Crippen LogP contribution is 2.55. The molecule has 0 saturated heterocycles. The van der Waals surface area contributed by atoms with Gasteiger partial charge in [0.05, 0.1) is 18.0 Å². The van der Waals surface area contributed by atoms with Gasteiger partial charge in [-0.1, -0.05) is 6.58 Å². The summed E-state index contributed by atoms with van der Waals surface area (Å²) < 4.78 is 3.34. The molecule has 2 atom stereocenters. The number of carbonyl (C=O) groups excluding carboxylic acids is 1. The molecular weight excluding hydrogens is 354 g/mol. The van der Waals surface area contributed by atoms with E-state index in [4.69, 9.17) is 0 Å². The molecule has 7 nitrogen and oxygen atoms in total. The van der Waals surface area contributed by atoms with E-state index in [-0.39, 0.29) is 11.9 Å². The van der Waals surface area contributed by atoms with E-state index in [9.17, 15) is 9.90 Å². The van der Waals surface area contributed by atoms with E-state index >= 15 is 0 Å². The Morgan fingerprint density at radius 3 is 2.54 bits per heavy atom. The number of rotatable bonds is 4. The normalized spacial score (nSPS) is 33.2. The standard InChI is InChI=1S/C21H27N5O2/c1-12(2)26-20(25-11-13(3)9-22-25)17(10-23-26)19(27)24-18-15-4-14-5-16(18)8-21(28,6-14)7-15/h9-11,14-16,18,28H,1,4-8H2,2-3H3,(H,24,27). The number of hydrogen-bond acceptors (Lipinski definition) is 4. The Bertz CT molecular complexity index is 942. The van der Waals surface area contributed by atoms with Crippen molar-refractivity contribution in [3.63, 3.8) is 0 Å². The fourth-order valence-corrected chi connectivity index (χ4v) is 5.98. The molecule has 6 rings (SSSR count). The van der Waals surface area contributed by atoms with Gasteiger partial charge in [0.2, 0.25) is 0 Å². The second-order valence-corrected chi connectivity index (χ2v) is 9.18. The molecule has 4 aliphatic rings. The molecule has 0 aliphatic heterocycles. The van der Waals surface area contributed by atoms with E-state index in [0.717, 1.165) is 43.4 Å². The van der Waals surface area contributed by atoms with Crippen LogP contribution in [0.15, 0.2) is 25.2 Å². The maximum absolute atomic E-state index is 13.3. The summed E-state index contributed by atoms with van der Waals surface area (Å²) in [7, 11) is 0. The van der Waals surface area contributed by atoms with Crippen LogP contribution in [0.1, 0.15) is 54.9 Å². The van der Waals surface area contributed by atoms with Crippen LogP contribution in [0.25, 0.3) is 11.5 Å². The fraction of sp³-hybridized carbons (Fsp3) is 0.571. The molecule has 4 bridgehead atoms. The number of aromatic nitrogens is 4. The SMILES string of the molecule is C=C(C)n1ncc(C(=O)NC2C3CC4CC2CC(O)(C4)C3)c1-n1cc(C)cn1. The molecule has 4 aliphatic carbocycles. The van der Waals surface area contributed by atoms with E-state index in [2.05, 4.69) is 22.1 Å². The summed E-state index contributed by atoms with van der Waals surface area (Å²) in [5, 5.41) is 22.8. The zero-order chi connectivity index (χ0) is 19.6. The second-order valence-electron chi connectivity index (χ2n) is 9.18. The first-order valence-electron chi connectivity index (χ1n) is 10.1. The van der Waals surface area contributed by atoms with E-state index in [0.29, 0.717) is 29.1 Å².